The molecule has 0 N–H and O–H groups in total. The third kappa shape index (κ3) is 2.52. The van der Waals surface area contributed by atoms with Crippen LogP contribution >= 0.6 is 0 Å². The summed E-state index contributed by atoms with van der Waals surface area (Å²) in [6.45, 7) is 0. The predicted octanol–water partition coefficient (Wildman–Crippen LogP) is 8.26. The first-order valence-corrected chi connectivity index (χ1v) is 8.66. The van der Waals surface area contributed by atoms with E-state index >= 15 is 8.78 Å². The number of halogens is 26. The summed E-state index contributed by atoms with van der Waals surface area (Å²) in [6, 6.07) is 0. The first-order chi connectivity index (χ1) is 16.8. The van der Waals surface area contributed by atoms with Gasteiger partial charge in [-0.15, -0.1) is 0 Å². The predicted molar refractivity (Wildman–Crippen MR) is 66.7 cm³/mol. The molecular formula is C14F26. The molecule has 0 amide bonds. The molecule has 2 fully saturated rings. The molecule has 0 radical (unpaired) electrons. The maximum absolute atomic E-state index is 15.5. The summed E-state index contributed by atoms with van der Waals surface area (Å²) in [7, 11) is 0. The van der Waals surface area contributed by atoms with Gasteiger partial charge in [-0.05, 0) is 0 Å². The Kier molecular flexibility index (Phi) is 6.19. The zero-order valence-electron chi connectivity index (χ0n) is 16.8. The number of hydrogen-bond acceptors (Lipinski definition) is 0. The fraction of sp³-hybridized carbons (Fsp3) is 1.00. The summed E-state index contributed by atoms with van der Waals surface area (Å²) in [5.74, 6) is -86.9. The number of alkyl halides is 26. The normalized spacial score (nSPS) is 35.5. The van der Waals surface area contributed by atoms with Gasteiger partial charge in [0.25, 0.3) is 11.3 Å². The molecular weight excluding hydrogens is 662 g/mol. The average Bonchev–Trinajstić information content (AvgIpc) is 2.68. The Balaban J connectivity index is 3.75. The molecule has 2 aliphatic carbocycles. The van der Waals surface area contributed by atoms with Crippen molar-refractivity contribution in [2.24, 2.45) is 5.41 Å². The quantitative estimate of drug-likeness (QED) is 0.262. The molecule has 2 aliphatic rings. The first kappa shape index (κ1) is 34.4. The topological polar surface area (TPSA) is 0 Å². The maximum atomic E-state index is 15.5. The number of fused-ring (bicyclic) bond motifs is 1. The molecule has 0 aromatic rings. The molecule has 0 bridgehead atoms. The van der Waals surface area contributed by atoms with E-state index < -0.39 is 82.4 Å². The van der Waals surface area contributed by atoms with Crippen LogP contribution in [-0.4, -0.2) is 77.0 Å². The van der Waals surface area contributed by atoms with Gasteiger partial charge in [0, 0.05) is 0 Å². The van der Waals surface area contributed by atoms with Gasteiger partial charge >= 0.3 is 65.7 Å². The first-order valence-electron chi connectivity index (χ1n) is 8.66. The van der Waals surface area contributed by atoms with Gasteiger partial charge in [-0.3, -0.25) is 0 Å². The number of rotatable bonds is 2. The molecule has 0 nitrogen and oxygen atoms in total. The van der Waals surface area contributed by atoms with Crippen molar-refractivity contribution >= 4 is 0 Å². The SMILES string of the molecule is FC(F)(F)C(F)(F)C1(C(F)(F)C(F)(F)F)C(F)(F)C(F)(F)C(F)(F)C2(F)C(F)(F)C(F)(F)C(F)(F)C(F)(F)C21F. The highest BCUT2D eigenvalue weighted by Crippen LogP contribution is 2.87. The van der Waals surface area contributed by atoms with E-state index in [0.29, 0.717) is 0 Å². The third-order valence-electron chi connectivity index (χ3n) is 6.39. The van der Waals surface area contributed by atoms with Crippen LogP contribution in [0, 0.1) is 5.41 Å². The summed E-state index contributed by atoms with van der Waals surface area (Å²) < 4.78 is 362. The van der Waals surface area contributed by atoms with Gasteiger partial charge in [-0.2, -0.15) is 105 Å². The van der Waals surface area contributed by atoms with Crippen LogP contribution in [0.4, 0.5) is 114 Å². The molecule has 2 saturated carbocycles. The lowest BCUT2D eigenvalue weighted by molar-refractivity contribution is -0.596. The minimum atomic E-state index is -10.6. The van der Waals surface area contributed by atoms with E-state index in [0.717, 1.165) is 0 Å². The van der Waals surface area contributed by atoms with E-state index in [2.05, 4.69) is 0 Å². The van der Waals surface area contributed by atoms with Crippen molar-refractivity contribution in [2.75, 3.05) is 0 Å². The molecule has 26 heteroatoms. The molecule has 40 heavy (non-hydrogen) atoms. The second-order valence-electron chi connectivity index (χ2n) is 8.23. The van der Waals surface area contributed by atoms with Crippen LogP contribution in [0.2, 0.25) is 0 Å². The van der Waals surface area contributed by atoms with E-state index in [4.69, 9.17) is 0 Å². The minimum absolute atomic E-state index is 9.03. The van der Waals surface area contributed by atoms with E-state index in [1.54, 1.807) is 0 Å². The van der Waals surface area contributed by atoms with Crippen molar-refractivity contribution in [1.29, 1.82) is 0 Å². The molecule has 0 aromatic carbocycles. The Labute approximate surface area is 198 Å². The Morgan fingerprint density at radius 2 is 0.450 bits per heavy atom. The summed E-state index contributed by atoms with van der Waals surface area (Å²) in [4.78, 5) is 0. The van der Waals surface area contributed by atoms with Crippen molar-refractivity contribution in [2.45, 2.75) is 77.0 Å². The van der Waals surface area contributed by atoms with Crippen molar-refractivity contribution in [3.05, 3.63) is 0 Å². The minimum Gasteiger partial charge on any atom is -0.231 e. The van der Waals surface area contributed by atoms with E-state index in [9.17, 15) is 105 Å². The van der Waals surface area contributed by atoms with Crippen LogP contribution in [0.5, 0.6) is 0 Å². The zero-order valence-corrected chi connectivity index (χ0v) is 16.8. The van der Waals surface area contributed by atoms with Crippen molar-refractivity contribution in [1.82, 2.24) is 0 Å². The lowest BCUT2D eigenvalue weighted by Crippen LogP contribution is -3.02. The second kappa shape index (κ2) is 7.21. The monoisotopic (exact) mass is 662 g/mol. The third-order valence-corrected chi connectivity index (χ3v) is 6.39. The highest BCUT2D eigenvalue weighted by atomic mass is 19.4. The Morgan fingerprint density at radius 1 is 0.250 bits per heavy atom. The molecule has 0 saturated heterocycles. The van der Waals surface area contributed by atoms with Crippen LogP contribution < -0.4 is 0 Å². The largest absolute Gasteiger partial charge is 0.454 e. The maximum Gasteiger partial charge on any atom is 0.454 e. The molecule has 2 rings (SSSR count). The van der Waals surface area contributed by atoms with Crippen molar-refractivity contribution < 1.29 is 114 Å². The van der Waals surface area contributed by atoms with Crippen molar-refractivity contribution in [3.8, 4) is 0 Å². The molecule has 0 heterocycles. The van der Waals surface area contributed by atoms with Crippen LogP contribution in [0.25, 0.3) is 0 Å². The van der Waals surface area contributed by atoms with Crippen LogP contribution in [0.15, 0.2) is 0 Å². The zero-order chi connectivity index (χ0) is 33.0. The molecule has 238 valence electrons. The molecule has 0 aliphatic heterocycles. The molecule has 0 aromatic heterocycles. The van der Waals surface area contributed by atoms with E-state index in [1.165, 1.54) is 0 Å². The lowest BCUT2D eigenvalue weighted by atomic mass is 9.42. The van der Waals surface area contributed by atoms with Crippen LogP contribution in [0.1, 0.15) is 0 Å². The average molecular weight is 662 g/mol. The van der Waals surface area contributed by atoms with Gasteiger partial charge in [0.1, 0.15) is 0 Å². The van der Waals surface area contributed by atoms with Gasteiger partial charge in [0.15, 0.2) is 0 Å². The fourth-order valence-electron chi connectivity index (χ4n) is 4.48. The molecule has 2 unspecified atom stereocenters. The molecule has 0 spiro atoms. The fourth-order valence-corrected chi connectivity index (χ4v) is 4.48. The Morgan fingerprint density at radius 3 is 0.675 bits per heavy atom. The second-order valence-corrected chi connectivity index (χ2v) is 8.23. The summed E-state index contributed by atoms with van der Waals surface area (Å²) >= 11 is 0. The van der Waals surface area contributed by atoms with Gasteiger partial charge in [-0.1, -0.05) is 0 Å². The summed E-state index contributed by atoms with van der Waals surface area (Å²) in [5, 5.41) is 0. The van der Waals surface area contributed by atoms with Crippen LogP contribution in [-0.2, 0) is 0 Å². The van der Waals surface area contributed by atoms with E-state index in [1.807, 2.05) is 0 Å². The highest BCUT2D eigenvalue weighted by molar-refractivity contribution is 5.47. The molecule has 2 atom stereocenters. The van der Waals surface area contributed by atoms with E-state index in [-0.39, 0.29) is 0 Å². The van der Waals surface area contributed by atoms with Gasteiger partial charge < -0.3 is 0 Å². The smallest absolute Gasteiger partial charge is 0.231 e. The summed E-state index contributed by atoms with van der Waals surface area (Å²) in [5.41, 5.74) is -31.1. The van der Waals surface area contributed by atoms with Crippen LogP contribution in [0.3, 0.4) is 0 Å². The van der Waals surface area contributed by atoms with Crippen molar-refractivity contribution in [3.63, 3.8) is 0 Å². The Hall–Kier alpha value is -1.82. The van der Waals surface area contributed by atoms with Gasteiger partial charge in [0.2, 0.25) is 5.41 Å². The number of hydrogen-bond donors (Lipinski definition) is 0. The lowest BCUT2D eigenvalue weighted by Gasteiger charge is -2.69. The van der Waals surface area contributed by atoms with Gasteiger partial charge in [-0.25, -0.2) is 8.78 Å². The summed E-state index contributed by atoms with van der Waals surface area (Å²) in [6.07, 6.45) is -18.4. The Bertz CT molecular complexity index is 1020. The standard InChI is InChI=1S/C14F26/c15-2-1(5(19,20)13(35,36)37,6(21,22)14(38,39)40)4(17,18)10(29,30)8(25,26)3(2,16)9(27,28)12(33,34)11(31,32)7(2,23)24. The van der Waals surface area contributed by atoms with Gasteiger partial charge in [0.05, 0.1) is 0 Å². The highest BCUT2D eigenvalue weighted by Gasteiger charge is 3.19.